The van der Waals surface area contributed by atoms with Gasteiger partial charge in [-0.2, -0.15) is 5.23 Å². The van der Waals surface area contributed by atoms with Crippen LogP contribution in [0.5, 0.6) is 0 Å². The Morgan fingerprint density at radius 2 is 1.74 bits per heavy atom. The fourth-order valence-corrected chi connectivity index (χ4v) is 3.25. The Balaban J connectivity index is 2.65. The summed E-state index contributed by atoms with van der Waals surface area (Å²) in [5, 5.41) is 19.0. The smallest absolute Gasteiger partial charge is 0.212 e. The topological polar surface area (TPSA) is 81.9 Å². The highest BCUT2D eigenvalue weighted by atomic mass is 35.5. The summed E-state index contributed by atoms with van der Waals surface area (Å²) in [6.07, 6.45) is 0. The van der Waals surface area contributed by atoms with Crippen LogP contribution in [0.15, 0.2) is 58.3 Å². The van der Waals surface area contributed by atoms with Gasteiger partial charge in [-0.15, -0.1) is 0 Å². The molecule has 0 saturated heterocycles. The monoisotopic (exact) mass is 299 g/mol. The van der Waals surface area contributed by atoms with Crippen molar-refractivity contribution in [1.29, 1.82) is 0 Å². The van der Waals surface area contributed by atoms with Crippen LogP contribution in [0.4, 0.5) is 5.69 Å². The van der Waals surface area contributed by atoms with Gasteiger partial charge in [0.2, 0.25) is 9.84 Å². The number of sulfone groups is 1. The first-order valence-corrected chi connectivity index (χ1v) is 7.12. The minimum Gasteiger partial charge on any atom is -0.595 e. The van der Waals surface area contributed by atoms with Gasteiger partial charge in [0.25, 0.3) is 0 Å². The molecule has 0 aliphatic heterocycles. The van der Waals surface area contributed by atoms with Gasteiger partial charge in [0.15, 0.2) is 5.69 Å². The lowest BCUT2D eigenvalue weighted by Crippen LogP contribution is -2.99. The van der Waals surface area contributed by atoms with E-state index in [0.29, 0.717) is 0 Å². The molecule has 2 rings (SSSR count). The Morgan fingerprint density at radius 1 is 1.11 bits per heavy atom. The van der Waals surface area contributed by atoms with Gasteiger partial charge in [-0.25, -0.2) is 13.6 Å². The maximum absolute atomic E-state index is 12.4. The van der Waals surface area contributed by atoms with Gasteiger partial charge in [0, 0.05) is 11.1 Å². The van der Waals surface area contributed by atoms with E-state index in [-0.39, 0.29) is 20.5 Å². The van der Waals surface area contributed by atoms with E-state index in [9.17, 15) is 13.6 Å². The van der Waals surface area contributed by atoms with E-state index >= 15 is 0 Å². The quantitative estimate of drug-likeness (QED) is 0.843. The summed E-state index contributed by atoms with van der Waals surface area (Å²) in [5.41, 5.74) is -0.337. The van der Waals surface area contributed by atoms with Crippen molar-refractivity contribution in [1.82, 2.24) is 0 Å². The minimum absolute atomic E-state index is 0.0415. The van der Waals surface area contributed by atoms with Gasteiger partial charge in [-0.3, -0.25) is 0 Å². The summed E-state index contributed by atoms with van der Waals surface area (Å²) in [6, 6.07) is 11.3. The van der Waals surface area contributed by atoms with E-state index in [0.717, 1.165) is 6.07 Å². The summed E-state index contributed by atoms with van der Waals surface area (Å²) < 4.78 is 24.7. The van der Waals surface area contributed by atoms with E-state index in [4.69, 9.17) is 16.8 Å². The van der Waals surface area contributed by atoms with Crippen molar-refractivity contribution in [3.05, 3.63) is 58.8 Å². The zero-order chi connectivity index (χ0) is 14.0. The predicted octanol–water partition coefficient (Wildman–Crippen LogP) is 1.58. The fraction of sp³-hybridized carbons (Fsp3) is 0. The highest BCUT2D eigenvalue weighted by Crippen LogP contribution is 2.27. The van der Waals surface area contributed by atoms with Crippen molar-refractivity contribution in [2.45, 2.75) is 9.79 Å². The first-order chi connectivity index (χ1) is 8.93. The molecule has 0 aliphatic rings. The van der Waals surface area contributed by atoms with Crippen LogP contribution in [0.1, 0.15) is 0 Å². The van der Waals surface area contributed by atoms with Crippen molar-refractivity contribution in [3.63, 3.8) is 0 Å². The van der Waals surface area contributed by atoms with Crippen molar-refractivity contribution in [2.75, 3.05) is 0 Å². The van der Waals surface area contributed by atoms with E-state index in [1.807, 2.05) is 0 Å². The van der Waals surface area contributed by atoms with Crippen LogP contribution in [0.2, 0.25) is 5.02 Å². The number of quaternary nitrogens is 1. The van der Waals surface area contributed by atoms with Crippen molar-refractivity contribution in [2.24, 2.45) is 0 Å². The van der Waals surface area contributed by atoms with Crippen LogP contribution in [0.25, 0.3) is 0 Å². The molecule has 19 heavy (non-hydrogen) atoms. The van der Waals surface area contributed by atoms with E-state index in [1.54, 1.807) is 18.2 Å². The van der Waals surface area contributed by atoms with Gasteiger partial charge in [0.05, 0.1) is 4.90 Å². The molecule has 0 fully saturated rings. The lowest BCUT2D eigenvalue weighted by molar-refractivity contribution is -0.992. The van der Waals surface area contributed by atoms with Crippen LogP contribution in [0, 0.1) is 5.21 Å². The van der Waals surface area contributed by atoms with Crippen molar-refractivity contribution < 1.29 is 18.9 Å². The third-order valence-electron chi connectivity index (χ3n) is 2.52. The highest BCUT2D eigenvalue weighted by Gasteiger charge is 2.24. The van der Waals surface area contributed by atoms with Crippen LogP contribution in [-0.2, 0) is 9.84 Å². The first-order valence-electron chi connectivity index (χ1n) is 5.26. The Hall–Kier alpha value is -1.44. The molecule has 1 unspecified atom stereocenters. The summed E-state index contributed by atoms with van der Waals surface area (Å²) in [7, 11) is -3.87. The summed E-state index contributed by atoms with van der Waals surface area (Å²) >= 11 is 5.70. The number of nitrogens with one attached hydrogen (secondary N) is 1. The number of hydrogen-bond acceptors (Lipinski definition) is 4. The van der Waals surface area contributed by atoms with Gasteiger partial charge in [-0.05, 0) is 24.3 Å². The van der Waals surface area contributed by atoms with Crippen molar-refractivity contribution >= 4 is 27.1 Å². The van der Waals surface area contributed by atoms with Crippen LogP contribution in [-0.4, -0.2) is 13.6 Å². The SMILES string of the molecule is O=S(=O)(c1ccccc1)c1ccc(Cl)cc1[NH+]([O-])O. The lowest BCUT2D eigenvalue weighted by atomic mass is 10.3. The molecule has 2 aromatic carbocycles. The number of benzene rings is 2. The Labute approximate surface area is 115 Å². The van der Waals surface area contributed by atoms with Gasteiger partial charge in [-0.1, -0.05) is 29.8 Å². The zero-order valence-corrected chi connectivity index (χ0v) is 11.1. The van der Waals surface area contributed by atoms with Crippen molar-refractivity contribution in [3.8, 4) is 0 Å². The molecule has 0 amide bonds. The standard InChI is InChI=1S/C12H10ClNO4S/c13-9-6-7-12(11(8-9)14(15)16)19(17,18)10-4-2-1-3-5-10/h1-8,14-15H. The second-order valence-corrected chi connectivity index (χ2v) is 6.12. The third kappa shape index (κ3) is 2.78. The molecular weight excluding hydrogens is 290 g/mol. The number of halogens is 1. The van der Waals surface area contributed by atoms with Gasteiger partial charge in [0.1, 0.15) is 4.90 Å². The zero-order valence-electron chi connectivity index (χ0n) is 9.58. The summed E-state index contributed by atoms with van der Waals surface area (Å²) in [4.78, 5) is -0.226. The second-order valence-electron chi connectivity index (χ2n) is 3.76. The molecule has 0 radical (unpaired) electrons. The molecule has 0 heterocycles. The third-order valence-corrected chi connectivity index (χ3v) is 4.58. The Morgan fingerprint density at radius 3 is 2.32 bits per heavy atom. The first kappa shape index (κ1) is 14.0. The van der Waals surface area contributed by atoms with Crippen LogP contribution in [0.3, 0.4) is 0 Å². The number of hydrogen-bond donors (Lipinski definition) is 2. The molecule has 2 aromatic rings. The maximum atomic E-state index is 12.4. The average molecular weight is 300 g/mol. The normalized spacial score (nSPS) is 13.2. The predicted molar refractivity (Wildman–Crippen MR) is 69.1 cm³/mol. The molecule has 0 aliphatic carbocycles. The minimum atomic E-state index is -3.87. The van der Waals surface area contributed by atoms with E-state index in [1.165, 1.54) is 24.3 Å². The maximum Gasteiger partial charge on any atom is 0.212 e. The summed E-state index contributed by atoms with van der Waals surface area (Å²) in [5.74, 6) is 0. The molecule has 0 saturated carbocycles. The van der Waals surface area contributed by atoms with Gasteiger partial charge >= 0.3 is 0 Å². The molecule has 0 bridgehead atoms. The Kier molecular flexibility index (Phi) is 3.88. The van der Waals surface area contributed by atoms with E-state index in [2.05, 4.69) is 0 Å². The molecule has 0 spiro atoms. The molecule has 100 valence electrons. The largest absolute Gasteiger partial charge is 0.595 e. The average Bonchev–Trinajstić information content (AvgIpc) is 2.39. The fourth-order valence-electron chi connectivity index (χ4n) is 1.63. The molecule has 0 aromatic heterocycles. The second kappa shape index (κ2) is 5.28. The molecule has 2 N–H and O–H groups in total. The Bertz CT molecular complexity index is 686. The molecule has 5 nitrogen and oxygen atoms in total. The highest BCUT2D eigenvalue weighted by molar-refractivity contribution is 7.91. The van der Waals surface area contributed by atoms with Crippen LogP contribution < -0.4 is 5.23 Å². The van der Waals surface area contributed by atoms with Crippen LogP contribution >= 0.6 is 11.6 Å². The van der Waals surface area contributed by atoms with Gasteiger partial charge < -0.3 is 5.21 Å². The molecule has 1 atom stereocenters. The molecular formula is C12H10ClNO4S. The molecule has 7 heteroatoms. The number of rotatable bonds is 3. The lowest BCUT2D eigenvalue weighted by Gasteiger charge is -2.16. The van der Waals surface area contributed by atoms with E-state index < -0.39 is 15.1 Å². The summed E-state index contributed by atoms with van der Waals surface area (Å²) in [6.45, 7) is 0.